The lowest BCUT2D eigenvalue weighted by Crippen LogP contribution is -2.46. The van der Waals surface area contributed by atoms with Gasteiger partial charge < -0.3 is 4.90 Å². The van der Waals surface area contributed by atoms with Gasteiger partial charge in [-0.25, -0.2) is 9.97 Å². The van der Waals surface area contributed by atoms with Gasteiger partial charge in [-0.2, -0.15) is 18.3 Å². The van der Waals surface area contributed by atoms with E-state index in [0.717, 1.165) is 44.2 Å². The Bertz CT molecular complexity index is 836. The normalized spacial score (nSPS) is 18.2. The zero-order valence-corrected chi connectivity index (χ0v) is 15.6. The molecule has 27 heavy (non-hydrogen) atoms. The van der Waals surface area contributed by atoms with Crippen LogP contribution >= 0.6 is 0 Å². The third kappa shape index (κ3) is 3.65. The van der Waals surface area contributed by atoms with Gasteiger partial charge in [-0.3, -0.25) is 9.58 Å². The van der Waals surface area contributed by atoms with E-state index in [4.69, 9.17) is 0 Å². The van der Waals surface area contributed by atoms with Crippen LogP contribution in [0.4, 0.5) is 19.0 Å². The Balaban J connectivity index is 1.42. The molecule has 1 fully saturated rings. The topological polar surface area (TPSA) is 50.1 Å². The molecule has 2 aromatic rings. The second-order valence-electron chi connectivity index (χ2n) is 7.27. The molecule has 6 nitrogen and oxygen atoms in total. The van der Waals surface area contributed by atoms with Crippen molar-refractivity contribution in [2.45, 2.75) is 38.9 Å². The van der Waals surface area contributed by atoms with Gasteiger partial charge in [0.25, 0.3) is 0 Å². The maximum atomic E-state index is 13.0. The summed E-state index contributed by atoms with van der Waals surface area (Å²) in [6.45, 7) is 5.13. The lowest BCUT2D eigenvalue weighted by atomic mass is 10.2. The molecular formula is C18H23F3N6. The van der Waals surface area contributed by atoms with Gasteiger partial charge in [0.2, 0.25) is 0 Å². The molecule has 0 bridgehead atoms. The smallest absolute Gasteiger partial charge is 0.354 e. The lowest BCUT2D eigenvalue weighted by Gasteiger charge is -2.35. The van der Waals surface area contributed by atoms with Gasteiger partial charge in [0.05, 0.1) is 5.69 Å². The summed E-state index contributed by atoms with van der Waals surface area (Å²) in [6, 6.07) is 1.05. The molecule has 4 rings (SSSR count). The Hall–Kier alpha value is -2.16. The van der Waals surface area contributed by atoms with Crippen molar-refractivity contribution >= 4 is 5.82 Å². The number of hydrogen-bond donors (Lipinski definition) is 0. The molecule has 1 aliphatic carbocycles. The first-order valence-electron chi connectivity index (χ1n) is 9.25. The summed E-state index contributed by atoms with van der Waals surface area (Å²) in [6.07, 6.45) is -1.07. The van der Waals surface area contributed by atoms with Crippen LogP contribution in [0.3, 0.4) is 0 Å². The predicted molar refractivity (Wildman–Crippen MR) is 94.5 cm³/mol. The van der Waals surface area contributed by atoms with E-state index < -0.39 is 11.9 Å². The molecule has 0 amide bonds. The summed E-state index contributed by atoms with van der Waals surface area (Å²) < 4.78 is 41.0. The molecular weight excluding hydrogens is 357 g/mol. The number of aryl methyl sites for hydroxylation is 2. The molecule has 3 heterocycles. The number of nitrogens with zero attached hydrogens (tertiary/aromatic N) is 6. The van der Waals surface area contributed by atoms with Crippen molar-refractivity contribution in [1.29, 1.82) is 0 Å². The van der Waals surface area contributed by atoms with E-state index in [9.17, 15) is 13.2 Å². The summed E-state index contributed by atoms with van der Waals surface area (Å²) in [5.74, 6) is 0.500. The minimum Gasteiger partial charge on any atom is -0.354 e. The van der Waals surface area contributed by atoms with Gasteiger partial charge in [0.15, 0.2) is 0 Å². The first kappa shape index (κ1) is 18.2. The summed E-state index contributed by atoms with van der Waals surface area (Å²) in [4.78, 5) is 12.0. The zero-order chi connectivity index (χ0) is 19.2. The molecule has 2 aromatic heterocycles. The van der Waals surface area contributed by atoms with Crippen molar-refractivity contribution < 1.29 is 13.2 Å². The number of halogens is 3. The van der Waals surface area contributed by atoms with Crippen molar-refractivity contribution in [1.82, 2.24) is 24.6 Å². The Morgan fingerprint density at radius 2 is 1.81 bits per heavy atom. The quantitative estimate of drug-likeness (QED) is 0.818. The molecule has 0 atom stereocenters. The second kappa shape index (κ2) is 6.78. The van der Waals surface area contributed by atoms with Gasteiger partial charge in [-0.15, -0.1) is 0 Å². The molecule has 0 radical (unpaired) electrons. The molecule has 9 heteroatoms. The van der Waals surface area contributed by atoms with Crippen LogP contribution in [0.5, 0.6) is 0 Å². The summed E-state index contributed by atoms with van der Waals surface area (Å²) in [5.41, 5.74) is 3.01. The van der Waals surface area contributed by atoms with E-state index in [1.54, 1.807) is 0 Å². The van der Waals surface area contributed by atoms with Crippen molar-refractivity contribution in [2.75, 3.05) is 31.1 Å². The van der Waals surface area contributed by atoms with Crippen LogP contribution in [0.1, 0.15) is 34.9 Å². The van der Waals surface area contributed by atoms with Gasteiger partial charge in [0.1, 0.15) is 17.3 Å². The Labute approximate surface area is 156 Å². The third-order valence-corrected chi connectivity index (χ3v) is 5.38. The molecule has 0 N–H and O–H groups in total. The zero-order valence-electron chi connectivity index (χ0n) is 15.6. The second-order valence-corrected chi connectivity index (χ2v) is 7.27. The first-order chi connectivity index (χ1) is 12.8. The van der Waals surface area contributed by atoms with Crippen molar-refractivity contribution in [3.63, 3.8) is 0 Å². The molecule has 0 saturated carbocycles. The highest BCUT2D eigenvalue weighted by molar-refractivity contribution is 5.41. The Kier molecular flexibility index (Phi) is 4.57. The maximum absolute atomic E-state index is 13.0. The fraction of sp³-hybridized carbons (Fsp3) is 0.611. The standard InChI is InChI=1S/C18H23F3N6/c1-12-22-16(18(19,20)21)10-17(23-12)27-8-6-26(7-9-27)11-14-13-4-3-5-15(13)25(2)24-14/h10H,3-9,11H2,1-2H3. The van der Waals surface area contributed by atoms with Crippen LogP contribution in [0.25, 0.3) is 0 Å². The van der Waals surface area contributed by atoms with E-state index >= 15 is 0 Å². The van der Waals surface area contributed by atoms with Gasteiger partial charge in [0, 0.05) is 51.5 Å². The summed E-state index contributed by atoms with van der Waals surface area (Å²) in [5, 5.41) is 4.67. The third-order valence-electron chi connectivity index (χ3n) is 5.38. The fourth-order valence-electron chi connectivity index (χ4n) is 4.03. The summed E-state index contributed by atoms with van der Waals surface area (Å²) >= 11 is 0. The predicted octanol–water partition coefficient (Wildman–Crippen LogP) is 2.35. The van der Waals surface area contributed by atoms with Crippen LogP contribution in [0.15, 0.2) is 6.07 Å². The van der Waals surface area contributed by atoms with Gasteiger partial charge >= 0.3 is 6.18 Å². The average molecular weight is 380 g/mol. The molecule has 146 valence electrons. The average Bonchev–Trinajstić information content (AvgIpc) is 3.20. The number of fused-ring (bicyclic) bond motifs is 1. The largest absolute Gasteiger partial charge is 0.433 e. The highest BCUT2D eigenvalue weighted by Gasteiger charge is 2.34. The number of aromatic nitrogens is 4. The van der Waals surface area contributed by atoms with Crippen LogP contribution in [-0.4, -0.2) is 50.8 Å². The van der Waals surface area contributed by atoms with Crippen LogP contribution in [0.2, 0.25) is 0 Å². The van der Waals surface area contributed by atoms with Crippen molar-refractivity contribution in [3.05, 3.63) is 34.5 Å². The van der Waals surface area contributed by atoms with Crippen LogP contribution in [0, 0.1) is 6.92 Å². The number of rotatable bonds is 3. The van der Waals surface area contributed by atoms with E-state index in [1.807, 2.05) is 16.6 Å². The maximum Gasteiger partial charge on any atom is 0.433 e. The highest BCUT2D eigenvalue weighted by atomic mass is 19.4. The molecule has 1 aliphatic heterocycles. The SMILES string of the molecule is Cc1nc(N2CCN(Cc3nn(C)c4c3CCC4)CC2)cc(C(F)(F)F)n1. The first-order valence-corrected chi connectivity index (χ1v) is 9.25. The van der Waals surface area contributed by atoms with Gasteiger partial charge in [-0.1, -0.05) is 0 Å². The number of anilines is 1. The highest BCUT2D eigenvalue weighted by Crippen LogP contribution is 2.30. The number of alkyl halides is 3. The fourth-order valence-corrected chi connectivity index (χ4v) is 4.03. The lowest BCUT2D eigenvalue weighted by molar-refractivity contribution is -0.141. The summed E-state index contributed by atoms with van der Waals surface area (Å²) in [7, 11) is 2.00. The van der Waals surface area contributed by atoms with E-state index in [0.29, 0.717) is 18.9 Å². The van der Waals surface area contributed by atoms with E-state index in [-0.39, 0.29) is 5.82 Å². The van der Waals surface area contributed by atoms with Crippen LogP contribution in [-0.2, 0) is 32.6 Å². The minimum absolute atomic E-state index is 0.145. The van der Waals surface area contributed by atoms with Gasteiger partial charge in [-0.05, 0) is 31.7 Å². The number of hydrogen-bond acceptors (Lipinski definition) is 5. The van der Waals surface area contributed by atoms with E-state index in [1.165, 1.54) is 24.6 Å². The monoisotopic (exact) mass is 380 g/mol. The minimum atomic E-state index is -4.45. The molecule has 0 unspecified atom stereocenters. The Morgan fingerprint density at radius 3 is 2.52 bits per heavy atom. The van der Waals surface area contributed by atoms with Crippen LogP contribution < -0.4 is 4.90 Å². The molecule has 1 saturated heterocycles. The van der Waals surface area contributed by atoms with Crippen molar-refractivity contribution in [3.8, 4) is 0 Å². The molecule has 2 aliphatic rings. The van der Waals surface area contributed by atoms with Crippen molar-refractivity contribution in [2.24, 2.45) is 7.05 Å². The number of piperazine rings is 1. The van der Waals surface area contributed by atoms with E-state index in [2.05, 4.69) is 20.0 Å². The Morgan fingerprint density at radius 1 is 1.07 bits per heavy atom. The molecule has 0 aromatic carbocycles. The molecule has 0 spiro atoms.